The van der Waals surface area contributed by atoms with Gasteiger partial charge in [0.15, 0.2) is 5.13 Å². The molecule has 34 heavy (non-hydrogen) atoms. The minimum Gasteiger partial charge on any atom is -0.494 e. The van der Waals surface area contributed by atoms with Gasteiger partial charge in [-0.1, -0.05) is 35.6 Å². The molecule has 0 N–H and O–H groups in total. The number of anilines is 2. The van der Waals surface area contributed by atoms with E-state index >= 15 is 0 Å². The maximum Gasteiger partial charge on any atom is 0.234 e. The van der Waals surface area contributed by atoms with Crippen LogP contribution >= 0.6 is 11.3 Å². The molecule has 0 bridgehead atoms. The Labute approximate surface area is 201 Å². The molecule has 1 unspecified atom stereocenters. The quantitative estimate of drug-likeness (QED) is 0.391. The summed E-state index contributed by atoms with van der Waals surface area (Å²) in [5, 5.41) is 0.600. The standard InChI is InChI=1S/C26H24N4O3S/c1-2-33-21-10-11-22-23(14-21)34-26(28-22)30(16-18-7-6-12-27-15-18)25(32)19-13-24(31)29(17-19)20-8-4-3-5-9-20/h3-12,14-15,19H,2,13,16-17H2,1H3. The highest BCUT2D eigenvalue weighted by Crippen LogP contribution is 2.34. The summed E-state index contributed by atoms with van der Waals surface area (Å²) in [4.78, 5) is 38.9. The molecule has 0 saturated carbocycles. The number of hydrogen-bond donors (Lipinski definition) is 0. The third-order valence-corrected chi connectivity index (χ3v) is 6.80. The molecule has 1 aliphatic rings. The summed E-state index contributed by atoms with van der Waals surface area (Å²) in [6.45, 7) is 3.21. The molecule has 0 radical (unpaired) electrons. The number of nitrogens with zero attached hydrogens (tertiary/aromatic N) is 4. The van der Waals surface area contributed by atoms with E-state index in [1.54, 1.807) is 22.2 Å². The number of hydrogen-bond acceptors (Lipinski definition) is 6. The average molecular weight is 473 g/mol. The topological polar surface area (TPSA) is 75.6 Å². The number of carbonyl (C=O) groups excluding carboxylic acids is 2. The minimum absolute atomic E-state index is 0.0449. The third-order valence-electron chi connectivity index (χ3n) is 5.76. The number of carbonyl (C=O) groups is 2. The first-order valence-corrected chi connectivity index (χ1v) is 12.0. The minimum atomic E-state index is -0.449. The Hall–Kier alpha value is -3.78. The number of benzene rings is 2. The van der Waals surface area contributed by atoms with Gasteiger partial charge < -0.3 is 9.64 Å². The monoisotopic (exact) mass is 472 g/mol. The largest absolute Gasteiger partial charge is 0.494 e. The van der Waals surface area contributed by atoms with E-state index in [1.165, 1.54) is 11.3 Å². The van der Waals surface area contributed by atoms with Crippen molar-refractivity contribution in [1.29, 1.82) is 0 Å². The van der Waals surface area contributed by atoms with Crippen LogP contribution in [0.4, 0.5) is 10.8 Å². The molecule has 1 aliphatic heterocycles. The Morgan fingerprint density at radius 2 is 2.03 bits per heavy atom. The lowest BCUT2D eigenvalue weighted by molar-refractivity contribution is -0.124. The molecule has 172 valence electrons. The van der Waals surface area contributed by atoms with Crippen LogP contribution in [0.25, 0.3) is 10.2 Å². The van der Waals surface area contributed by atoms with Crippen LogP contribution in [0.3, 0.4) is 0 Å². The number of fused-ring (bicyclic) bond motifs is 1. The van der Waals surface area contributed by atoms with Crippen molar-refractivity contribution >= 4 is 44.2 Å². The van der Waals surface area contributed by atoms with Gasteiger partial charge in [-0.2, -0.15) is 0 Å². The van der Waals surface area contributed by atoms with Gasteiger partial charge >= 0.3 is 0 Å². The normalized spacial score (nSPS) is 15.6. The second-order valence-electron chi connectivity index (χ2n) is 8.09. The lowest BCUT2D eigenvalue weighted by atomic mass is 10.1. The number of thiazole rings is 1. The molecule has 2 aromatic heterocycles. The lowest BCUT2D eigenvalue weighted by Crippen LogP contribution is -2.37. The van der Waals surface area contributed by atoms with Crippen molar-refractivity contribution in [2.75, 3.05) is 23.0 Å². The van der Waals surface area contributed by atoms with Crippen molar-refractivity contribution in [3.8, 4) is 5.75 Å². The molecule has 1 saturated heterocycles. The van der Waals surface area contributed by atoms with Crippen molar-refractivity contribution in [3.63, 3.8) is 0 Å². The van der Waals surface area contributed by atoms with E-state index in [4.69, 9.17) is 9.72 Å². The van der Waals surface area contributed by atoms with E-state index in [2.05, 4.69) is 4.98 Å². The summed E-state index contributed by atoms with van der Waals surface area (Å²) in [5.41, 5.74) is 2.51. The van der Waals surface area contributed by atoms with E-state index in [9.17, 15) is 9.59 Å². The smallest absolute Gasteiger partial charge is 0.234 e. The van der Waals surface area contributed by atoms with Gasteiger partial charge in [-0.15, -0.1) is 0 Å². The van der Waals surface area contributed by atoms with Crippen LogP contribution in [0.5, 0.6) is 5.75 Å². The Morgan fingerprint density at radius 3 is 2.79 bits per heavy atom. The second-order valence-corrected chi connectivity index (χ2v) is 9.09. The number of ether oxygens (including phenoxy) is 1. The molecule has 4 aromatic rings. The van der Waals surface area contributed by atoms with Gasteiger partial charge in [-0.25, -0.2) is 4.98 Å². The van der Waals surface area contributed by atoms with Crippen molar-refractivity contribution in [2.24, 2.45) is 5.92 Å². The maximum absolute atomic E-state index is 13.8. The second kappa shape index (κ2) is 9.61. The average Bonchev–Trinajstić information content (AvgIpc) is 3.46. The fourth-order valence-corrected chi connectivity index (χ4v) is 5.13. The Bertz CT molecular complexity index is 1310. The molecule has 2 amide bonds. The molecule has 0 aliphatic carbocycles. The number of para-hydroxylation sites is 1. The zero-order chi connectivity index (χ0) is 23.5. The fraction of sp³-hybridized carbons (Fsp3) is 0.231. The van der Waals surface area contributed by atoms with Crippen LogP contribution < -0.4 is 14.5 Å². The first-order valence-electron chi connectivity index (χ1n) is 11.2. The van der Waals surface area contributed by atoms with Crippen LogP contribution in [-0.4, -0.2) is 34.9 Å². The van der Waals surface area contributed by atoms with Gasteiger partial charge in [0.2, 0.25) is 11.8 Å². The van der Waals surface area contributed by atoms with E-state index in [0.29, 0.717) is 24.8 Å². The van der Waals surface area contributed by atoms with Crippen LogP contribution in [0, 0.1) is 5.92 Å². The van der Waals surface area contributed by atoms with Crippen molar-refractivity contribution < 1.29 is 14.3 Å². The zero-order valence-electron chi connectivity index (χ0n) is 18.8. The lowest BCUT2D eigenvalue weighted by Gasteiger charge is -2.23. The van der Waals surface area contributed by atoms with E-state index in [1.807, 2.05) is 67.6 Å². The predicted octanol–water partition coefficient (Wildman–Crippen LogP) is 4.68. The molecule has 7 nitrogen and oxygen atoms in total. The van der Waals surface area contributed by atoms with Gasteiger partial charge in [-0.3, -0.25) is 19.5 Å². The summed E-state index contributed by atoms with van der Waals surface area (Å²) in [6.07, 6.45) is 3.63. The highest BCUT2D eigenvalue weighted by molar-refractivity contribution is 7.22. The van der Waals surface area contributed by atoms with E-state index in [0.717, 1.165) is 27.2 Å². The molecule has 5 rings (SSSR count). The van der Waals surface area contributed by atoms with Gasteiger partial charge in [0.05, 0.1) is 29.3 Å². The van der Waals surface area contributed by atoms with Crippen LogP contribution in [0.2, 0.25) is 0 Å². The zero-order valence-corrected chi connectivity index (χ0v) is 19.6. The number of pyridine rings is 1. The van der Waals surface area contributed by atoms with Gasteiger partial charge in [0.1, 0.15) is 5.75 Å². The van der Waals surface area contributed by atoms with Crippen molar-refractivity contribution in [2.45, 2.75) is 19.9 Å². The fourth-order valence-electron chi connectivity index (χ4n) is 4.13. The summed E-state index contributed by atoms with van der Waals surface area (Å²) in [7, 11) is 0. The summed E-state index contributed by atoms with van der Waals surface area (Å²) < 4.78 is 6.56. The molecule has 1 atom stereocenters. The van der Waals surface area contributed by atoms with Gasteiger partial charge in [-0.05, 0) is 48.9 Å². The van der Waals surface area contributed by atoms with Crippen LogP contribution in [0.15, 0.2) is 73.1 Å². The summed E-state index contributed by atoms with van der Waals surface area (Å²) >= 11 is 1.44. The van der Waals surface area contributed by atoms with Crippen LogP contribution in [-0.2, 0) is 16.1 Å². The molecule has 0 spiro atoms. The van der Waals surface area contributed by atoms with E-state index in [-0.39, 0.29) is 18.2 Å². The molecular weight excluding hydrogens is 448 g/mol. The SMILES string of the molecule is CCOc1ccc2nc(N(Cc3cccnc3)C(=O)C3CC(=O)N(c4ccccc4)C3)sc2c1. The van der Waals surface area contributed by atoms with Crippen LogP contribution in [0.1, 0.15) is 18.9 Å². The maximum atomic E-state index is 13.8. The van der Waals surface area contributed by atoms with E-state index < -0.39 is 5.92 Å². The summed E-state index contributed by atoms with van der Waals surface area (Å²) in [5.74, 6) is 0.168. The van der Waals surface area contributed by atoms with Gasteiger partial charge in [0, 0.05) is 31.0 Å². The highest BCUT2D eigenvalue weighted by Gasteiger charge is 2.38. The van der Waals surface area contributed by atoms with Crippen molar-refractivity contribution in [1.82, 2.24) is 9.97 Å². The number of rotatable bonds is 7. The Morgan fingerprint density at radius 1 is 1.18 bits per heavy atom. The molecule has 3 heterocycles. The third kappa shape index (κ3) is 4.49. The van der Waals surface area contributed by atoms with Gasteiger partial charge in [0.25, 0.3) is 0 Å². The Kier molecular flexibility index (Phi) is 6.22. The Balaban J connectivity index is 1.46. The first kappa shape index (κ1) is 22.0. The summed E-state index contributed by atoms with van der Waals surface area (Å²) in [6, 6.07) is 19.0. The predicted molar refractivity (Wildman–Crippen MR) is 133 cm³/mol. The highest BCUT2D eigenvalue weighted by atomic mass is 32.1. The molecule has 2 aromatic carbocycles. The molecule has 8 heteroatoms. The number of amides is 2. The molecule has 1 fully saturated rings. The van der Waals surface area contributed by atoms with Crippen molar-refractivity contribution in [3.05, 3.63) is 78.6 Å². The first-order chi connectivity index (χ1) is 16.6. The molecular formula is C26H24N4O3S. The number of aromatic nitrogens is 2.